The smallest absolute Gasteiger partial charge is 0.251 e. The van der Waals surface area contributed by atoms with Crippen LogP contribution >= 0.6 is 0 Å². The Bertz CT molecular complexity index is 325. The number of hydrogen-bond acceptors (Lipinski definition) is 4. The number of aromatic nitrogens is 1. The molecule has 0 aliphatic rings. The number of carbonyl (C=O) groups is 1. The van der Waals surface area contributed by atoms with Gasteiger partial charge in [0.15, 0.2) is 0 Å². The number of nitrogens with one attached hydrogen (secondary N) is 1. The molecule has 0 bridgehead atoms. The Morgan fingerprint density at radius 3 is 2.79 bits per heavy atom. The zero-order chi connectivity index (χ0) is 10.8. The molecule has 1 amide bonds. The van der Waals surface area contributed by atoms with Gasteiger partial charge in [0, 0.05) is 12.1 Å². The lowest BCUT2D eigenvalue weighted by Gasteiger charge is -2.15. The second kappa shape index (κ2) is 3.79. The molecule has 1 aromatic rings. The van der Waals surface area contributed by atoms with Crippen LogP contribution in [0.15, 0.2) is 10.8 Å². The van der Waals surface area contributed by atoms with Gasteiger partial charge in [-0.2, -0.15) is 0 Å². The van der Waals surface area contributed by atoms with Crippen LogP contribution in [-0.4, -0.2) is 21.8 Å². The third-order valence-electron chi connectivity index (χ3n) is 1.84. The molecule has 1 rings (SSSR count). The van der Waals surface area contributed by atoms with Gasteiger partial charge in [0.1, 0.15) is 11.9 Å². The minimum atomic E-state index is -1.36. The second-order valence-corrected chi connectivity index (χ2v) is 3.67. The summed E-state index contributed by atoms with van der Waals surface area (Å²) in [5.41, 5.74) is 0.189. The van der Waals surface area contributed by atoms with Crippen LogP contribution in [0.3, 0.4) is 0 Å². The van der Waals surface area contributed by atoms with Gasteiger partial charge in [-0.15, -0.1) is 0 Å². The largest absolute Gasteiger partial charge is 0.381 e. The number of nitrogens with zero attached hydrogens (tertiary/aromatic N) is 1. The van der Waals surface area contributed by atoms with Gasteiger partial charge in [-0.3, -0.25) is 4.79 Å². The van der Waals surface area contributed by atoms with E-state index in [2.05, 4.69) is 10.5 Å². The van der Waals surface area contributed by atoms with E-state index in [1.54, 1.807) is 6.92 Å². The Morgan fingerprint density at radius 1 is 1.71 bits per heavy atom. The van der Waals surface area contributed by atoms with Gasteiger partial charge in [-0.25, -0.2) is 0 Å². The van der Waals surface area contributed by atoms with E-state index < -0.39 is 11.5 Å². The van der Waals surface area contributed by atoms with Crippen molar-refractivity contribution in [2.24, 2.45) is 0 Å². The van der Waals surface area contributed by atoms with E-state index in [1.807, 2.05) is 0 Å². The van der Waals surface area contributed by atoms with Crippen LogP contribution in [-0.2, 0) is 11.3 Å². The third kappa shape index (κ3) is 2.56. The molecule has 2 N–H and O–H groups in total. The molecule has 78 valence electrons. The summed E-state index contributed by atoms with van der Waals surface area (Å²) in [5, 5.41) is 15.6. The Morgan fingerprint density at radius 2 is 2.36 bits per heavy atom. The standard InChI is InChI=1S/C9H14N2O3/c1-6-7(5-14-11-6)4-10-8(12)9(2,3)13/h5,13H,4H2,1-3H3,(H,10,12). The highest BCUT2D eigenvalue weighted by molar-refractivity contribution is 5.83. The van der Waals surface area contributed by atoms with Crippen LogP contribution in [0.1, 0.15) is 25.1 Å². The van der Waals surface area contributed by atoms with E-state index in [1.165, 1.54) is 20.1 Å². The quantitative estimate of drug-likeness (QED) is 0.735. The van der Waals surface area contributed by atoms with Crippen LogP contribution < -0.4 is 5.32 Å². The summed E-state index contributed by atoms with van der Waals surface area (Å²) in [6.45, 7) is 4.97. The SMILES string of the molecule is Cc1nocc1CNC(=O)C(C)(C)O. The Kier molecular flexibility index (Phi) is 2.90. The van der Waals surface area contributed by atoms with Crippen molar-refractivity contribution in [3.05, 3.63) is 17.5 Å². The minimum absolute atomic E-state index is 0.318. The maximum atomic E-state index is 11.3. The van der Waals surface area contributed by atoms with Gasteiger partial charge in [0.2, 0.25) is 0 Å². The highest BCUT2D eigenvalue weighted by Crippen LogP contribution is 2.05. The summed E-state index contributed by atoms with van der Waals surface area (Å²) in [6.07, 6.45) is 1.47. The maximum Gasteiger partial charge on any atom is 0.251 e. The Balaban J connectivity index is 2.50. The monoisotopic (exact) mass is 198 g/mol. The molecule has 1 aromatic heterocycles. The molecule has 0 unspecified atom stereocenters. The predicted molar refractivity (Wildman–Crippen MR) is 49.4 cm³/mol. The van der Waals surface area contributed by atoms with Crippen LogP contribution in [0.4, 0.5) is 0 Å². The molecule has 0 radical (unpaired) electrons. The Hall–Kier alpha value is -1.36. The van der Waals surface area contributed by atoms with E-state index >= 15 is 0 Å². The van der Waals surface area contributed by atoms with Crippen LogP contribution in [0.5, 0.6) is 0 Å². The predicted octanol–water partition coefficient (Wildman–Crippen LogP) is 0.370. The van der Waals surface area contributed by atoms with E-state index in [0.717, 1.165) is 11.3 Å². The van der Waals surface area contributed by atoms with E-state index in [9.17, 15) is 9.90 Å². The summed E-state index contributed by atoms with van der Waals surface area (Å²) in [5.74, 6) is -0.418. The lowest BCUT2D eigenvalue weighted by atomic mass is 10.1. The van der Waals surface area contributed by atoms with E-state index in [0.29, 0.717) is 6.54 Å². The average Bonchev–Trinajstić information content (AvgIpc) is 2.45. The van der Waals surface area contributed by atoms with Crippen molar-refractivity contribution in [1.82, 2.24) is 10.5 Å². The fraction of sp³-hybridized carbons (Fsp3) is 0.556. The van der Waals surface area contributed by atoms with Crippen molar-refractivity contribution in [3.63, 3.8) is 0 Å². The molecule has 5 nitrogen and oxygen atoms in total. The second-order valence-electron chi connectivity index (χ2n) is 3.67. The molecular weight excluding hydrogens is 184 g/mol. The van der Waals surface area contributed by atoms with Crippen molar-refractivity contribution in [2.45, 2.75) is 32.9 Å². The van der Waals surface area contributed by atoms with Gasteiger partial charge in [-0.05, 0) is 20.8 Å². The lowest BCUT2D eigenvalue weighted by Crippen LogP contribution is -2.41. The lowest BCUT2D eigenvalue weighted by molar-refractivity contribution is -0.136. The molecule has 0 aliphatic carbocycles. The molecule has 14 heavy (non-hydrogen) atoms. The molecule has 0 atom stereocenters. The summed E-state index contributed by atoms with van der Waals surface area (Å²) in [6, 6.07) is 0. The molecule has 0 saturated heterocycles. The van der Waals surface area contributed by atoms with Crippen molar-refractivity contribution in [3.8, 4) is 0 Å². The van der Waals surface area contributed by atoms with Crippen molar-refractivity contribution in [2.75, 3.05) is 0 Å². The summed E-state index contributed by atoms with van der Waals surface area (Å²) in [7, 11) is 0. The number of hydrogen-bond donors (Lipinski definition) is 2. The Labute approximate surface area is 82.1 Å². The van der Waals surface area contributed by atoms with Gasteiger partial charge in [0.05, 0.1) is 5.69 Å². The molecule has 0 fully saturated rings. The normalized spacial score (nSPS) is 11.4. The first-order valence-electron chi connectivity index (χ1n) is 4.32. The number of aliphatic hydroxyl groups is 1. The maximum absolute atomic E-state index is 11.3. The first kappa shape index (κ1) is 10.7. The van der Waals surface area contributed by atoms with Crippen molar-refractivity contribution in [1.29, 1.82) is 0 Å². The number of rotatable bonds is 3. The summed E-state index contributed by atoms with van der Waals surface area (Å²) in [4.78, 5) is 11.3. The van der Waals surface area contributed by atoms with Gasteiger partial charge in [0.25, 0.3) is 5.91 Å². The van der Waals surface area contributed by atoms with Crippen molar-refractivity contribution < 1.29 is 14.4 Å². The zero-order valence-corrected chi connectivity index (χ0v) is 8.50. The van der Waals surface area contributed by atoms with Gasteiger partial charge in [-0.1, -0.05) is 5.16 Å². The van der Waals surface area contributed by atoms with Crippen molar-refractivity contribution >= 4 is 5.91 Å². The molecule has 0 saturated carbocycles. The first-order valence-corrected chi connectivity index (χ1v) is 4.32. The van der Waals surface area contributed by atoms with Gasteiger partial charge >= 0.3 is 0 Å². The summed E-state index contributed by atoms with van der Waals surface area (Å²) < 4.78 is 4.70. The third-order valence-corrected chi connectivity index (χ3v) is 1.84. The van der Waals surface area contributed by atoms with E-state index in [-0.39, 0.29) is 0 Å². The fourth-order valence-electron chi connectivity index (χ4n) is 0.874. The first-order chi connectivity index (χ1) is 6.41. The number of carbonyl (C=O) groups excluding carboxylic acids is 1. The molecule has 5 heteroatoms. The molecule has 0 spiro atoms. The van der Waals surface area contributed by atoms with E-state index in [4.69, 9.17) is 4.52 Å². The van der Waals surface area contributed by atoms with Crippen LogP contribution in [0.25, 0.3) is 0 Å². The zero-order valence-electron chi connectivity index (χ0n) is 8.50. The highest BCUT2D eigenvalue weighted by Gasteiger charge is 2.23. The molecule has 0 aliphatic heterocycles. The average molecular weight is 198 g/mol. The minimum Gasteiger partial charge on any atom is -0.381 e. The highest BCUT2D eigenvalue weighted by atomic mass is 16.5. The molecular formula is C9H14N2O3. The number of amides is 1. The van der Waals surface area contributed by atoms with Gasteiger partial charge < -0.3 is 14.9 Å². The summed E-state index contributed by atoms with van der Waals surface area (Å²) >= 11 is 0. The molecule has 0 aromatic carbocycles. The molecule has 1 heterocycles. The van der Waals surface area contributed by atoms with Crippen LogP contribution in [0, 0.1) is 6.92 Å². The topological polar surface area (TPSA) is 75.4 Å². The fourth-order valence-corrected chi connectivity index (χ4v) is 0.874. The number of aryl methyl sites for hydroxylation is 1. The van der Waals surface area contributed by atoms with Crippen LogP contribution in [0.2, 0.25) is 0 Å².